The quantitative estimate of drug-likeness (QED) is 0.466. The maximum Gasteiger partial charge on any atom is 0.330 e. The van der Waals surface area contributed by atoms with Crippen molar-refractivity contribution in [2.75, 3.05) is 19.6 Å². The molecule has 0 saturated carbocycles. The van der Waals surface area contributed by atoms with E-state index in [1.54, 1.807) is 12.2 Å². The molecule has 0 aromatic rings. The second kappa shape index (κ2) is 11.7. The van der Waals surface area contributed by atoms with Crippen molar-refractivity contribution >= 4 is 17.8 Å². The molecule has 2 aliphatic rings. The van der Waals surface area contributed by atoms with Crippen LogP contribution >= 0.6 is 0 Å². The Morgan fingerprint density at radius 2 is 2.00 bits per heavy atom. The number of amides is 2. The largest absolute Gasteiger partial charge is 0.478 e. The third-order valence-corrected chi connectivity index (χ3v) is 4.43. The van der Waals surface area contributed by atoms with Gasteiger partial charge in [-0.05, 0) is 25.5 Å². The standard InChI is InChI=1S/C12H16N2O3.C8H13NO/c1-3-6-13-10(8-11(15)16)9-5-7-14(4-2)12(9)17;1-2-7-5-3-4-6-9-8(7)10/h3-4,8-9,13H,1-2,5-7H2,(H,15,16);2,7H,1,3-6H2,(H,9,10). The number of carbonyl (C=O) groups is 3. The molecule has 2 unspecified atom stereocenters. The minimum Gasteiger partial charge on any atom is -0.478 e. The lowest BCUT2D eigenvalue weighted by Gasteiger charge is -2.15. The van der Waals surface area contributed by atoms with Crippen LogP contribution in [0.4, 0.5) is 0 Å². The Kier molecular flexibility index (Phi) is 9.64. The average Bonchev–Trinajstić information content (AvgIpc) is 2.88. The monoisotopic (exact) mass is 375 g/mol. The highest BCUT2D eigenvalue weighted by molar-refractivity contribution is 5.87. The number of nitrogens with one attached hydrogen (secondary N) is 2. The minimum atomic E-state index is -1.07. The third-order valence-electron chi connectivity index (χ3n) is 4.43. The van der Waals surface area contributed by atoms with E-state index in [2.05, 4.69) is 30.4 Å². The van der Waals surface area contributed by atoms with Gasteiger partial charge in [0.15, 0.2) is 0 Å². The highest BCUT2D eigenvalue weighted by Crippen LogP contribution is 2.23. The van der Waals surface area contributed by atoms with Gasteiger partial charge in [-0.3, -0.25) is 9.59 Å². The molecule has 2 saturated heterocycles. The fourth-order valence-electron chi connectivity index (χ4n) is 2.96. The predicted octanol–water partition coefficient (Wildman–Crippen LogP) is 1.81. The molecule has 7 heteroatoms. The highest BCUT2D eigenvalue weighted by Gasteiger charge is 2.33. The normalized spacial score (nSPS) is 22.7. The van der Waals surface area contributed by atoms with Gasteiger partial charge in [0, 0.05) is 31.4 Å². The summed E-state index contributed by atoms with van der Waals surface area (Å²) in [4.78, 5) is 35.1. The summed E-state index contributed by atoms with van der Waals surface area (Å²) in [5.74, 6) is -1.41. The van der Waals surface area contributed by atoms with Crippen LogP contribution in [0.1, 0.15) is 25.7 Å². The molecule has 2 heterocycles. The van der Waals surface area contributed by atoms with E-state index in [-0.39, 0.29) is 17.7 Å². The van der Waals surface area contributed by atoms with Crippen molar-refractivity contribution in [2.24, 2.45) is 11.8 Å². The molecular formula is C20H29N3O4. The van der Waals surface area contributed by atoms with E-state index >= 15 is 0 Å². The maximum atomic E-state index is 11.9. The number of hydrogen-bond donors (Lipinski definition) is 3. The third kappa shape index (κ3) is 7.13. The first-order valence-electron chi connectivity index (χ1n) is 9.07. The fourth-order valence-corrected chi connectivity index (χ4v) is 2.96. The van der Waals surface area contributed by atoms with Crippen molar-refractivity contribution in [3.63, 3.8) is 0 Å². The van der Waals surface area contributed by atoms with Crippen LogP contribution in [0, 0.1) is 11.8 Å². The van der Waals surface area contributed by atoms with Crippen LogP contribution in [0.3, 0.4) is 0 Å². The number of rotatable bonds is 7. The Morgan fingerprint density at radius 3 is 2.56 bits per heavy atom. The van der Waals surface area contributed by atoms with Crippen molar-refractivity contribution < 1.29 is 19.5 Å². The molecule has 2 atom stereocenters. The Hall–Kier alpha value is -2.83. The highest BCUT2D eigenvalue weighted by atomic mass is 16.4. The van der Waals surface area contributed by atoms with Gasteiger partial charge < -0.3 is 20.6 Å². The van der Waals surface area contributed by atoms with Gasteiger partial charge in [0.25, 0.3) is 0 Å². The fraction of sp³-hybridized carbons (Fsp3) is 0.450. The smallest absolute Gasteiger partial charge is 0.330 e. The maximum absolute atomic E-state index is 11.9. The van der Waals surface area contributed by atoms with E-state index in [0.717, 1.165) is 31.9 Å². The Morgan fingerprint density at radius 1 is 1.26 bits per heavy atom. The minimum absolute atomic E-state index is 0.0579. The van der Waals surface area contributed by atoms with Gasteiger partial charge in [0.05, 0.1) is 11.8 Å². The molecule has 0 bridgehead atoms. The molecule has 2 fully saturated rings. The molecule has 0 radical (unpaired) electrons. The van der Waals surface area contributed by atoms with Gasteiger partial charge in [0.1, 0.15) is 0 Å². The predicted molar refractivity (Wildman–Crippen MR) is 104 cm³/mol. The molecule has 0 aromatic carbocycles. The SMILES string of the molecule is C=CC1CCCCNC1=O.C=CCNC(=CC(=O)O)C1CCN(C=C)C1=O. The van der Waals surface area contributed by atoms with Crippen molar-refractivity contribution in [3.05, 3.63) is 49.9 Å². The van der Waals surface area contributed by atoms with Crippen LogP contribution in [0.5, 0.6) is 0 Å². The summed E-state index contributed by atoms with van der Waals surface area (Å²) in [6.07, 6.45) is 9.66. The first-order chi connectivity index (χ1) is 12.9. The first kappa shape index (κ1) is 22.2. The molecule has 0 aromatic heterocycles. The van der Waals surface area contributed by atoms with E-state index in [9.17, 15) is 14.4 Å². The van der Waals surface area contributed by atoms with E-state index in [4.69, 9.17) is 5.11 Å². The van der Waals surface area contributed by atoms with Crippen molar-refractivity contribution in [1.29, 1.82) is 0 Å². The topological polar surface area (TPSA) is 98.7 Å². The van der Waals surface area contributed by atoms with Crippen LogP contribution < -0.4 is 10.6 Å². The summed E-state index contributed by atoms with van der Waals surface area (Å²) in [5.41, 5.74) is 0.423. The van der Waals surface area contributed by atoms with Gasteiger partial charge >= 0.3 is 5.97 Å². The summed E-state index contributed by atoms with van der Waals surface area (Å²) in [6, 6.07) is 0. The van der Waals surface area contributed by atoms with E-state index in [0.29, 0.717) is 25.2 Å². The summed E-state index contributed by atoms with van der Waals surface area (Å²) in [5, 5.41) is 14.5. The van der Waals surface area contributed by atoms with E-state index in [1.165, 1.54) is 11.1 Å². The number of carboxylic acids is 1. The Balaban J connectivity index is 0.000000309. The number of likely N-dealkylation sites (tertiary alicyclic amines) is 1. The Bertz CT molecular complexity index is 612. The number of carboxylic acid groups (broad SMARTS) is 1. The lowest BCUT2D eigenvalue weighted by molar-refractivity contribution is -0.131. The molecule has 2 rings (SSSR count). The van der Waals surface area contributed by atoms with Crippen LogP contribution in [0.15, 0.2) is 49.9 Å². The lowest BCUT2D eigenvalue weighted by Crippen LogP contribution is -2.28. The molecule has 7 nitrogen and oxygen atoms in total. The second-order valence-corrected chi connectivity index (χ2v) is 6.29. The van der Waals surface area contributed by atoms with Crippen molar-refractivity contribution in [1.82, 2.24) is 15.5 Å². The molecule has 0 spiro atoms. The summed E-state index contributed by atoms with van der Waals surface area (Å²) < 4.78 is 0. The number of hydrogen-bond acceptors (Lipinski definition) is 4. The molecule has 3 N–H and O–H groups in total. The zero-order valence-corrected chi connectivity index (χ0v) is 15.7. The zero-order valence-electron chi connectivity index (χ0n) is 15.7. The summed E-state index contributed by atoms with van der Waals surface area (Å²) in [7, 11) is 0. The van der Waals surface area contributed by atoms with E-state index in [1.807, 2.05) is 0 Å². The first-order valence-corrected chi connectivity index (χ1v) is 9.07. The lowest BCUT2D eigenvalue weighted by atomic mass is 10.0. The van der Waals surface area contributed by atoms with Crippen molar-refractivity contribution in [2.45, 2.75) is 25.7 Å². The van der Waals surface area contributed by atoms with Gasteiger partial charge in [0.2, 0.25) is 11.8 Å². The van der Waals surface area contributed by atoms with Gasteiger partial charge in [-0.1, -0.05) is 25.2 Å². The molecule has 2 amide bonds. The van der Waals surface area contributed by atoms with E-state index < -0.39 is 11.9 Å². The van der Waals surface area contributed by atoms with Crippen LogP contribution in [-0.4, -0.2) is 47.4 Å². The number of nitrogens with zero attached hydrogens (tertiary/aromatic N) is 1. The molecule has 148 valence electrons. The second-order valence-electron chi connectivity index (χ2n) is 6.29. The van der Waals surface area contributed by atoms with Crippen LogP contribution in [-0.2, 0) is 14.4 Å². The summed E-state index contributed by atoms with van der Waals surface area (Å²) >= 11 is 0. The van der Waals surface area contributed by atoms with Crippen molar-refractivity contribution in [3.8, 4) is 0 Å². The molecular weight excluding hydrogens is 346 g/mol. The summed E-state index contributed by atoms with van der Waals surface area (Å²) in [6.45, 7) is 12.5. The van der Waals surface area contributed by atoms with Crippen LogP contribution in [0.2, 0.25) is 0 Å². The van der Waals surface area contributed by atoms with Gasteiger partial charge in [-0.25, -0.2) is 4.79 Å². The zero-order chi connectivity index (χ0) is 20.2. The number of aliphatic carboxylic acids is 1. The average molecular weight is 375 g/mol. The Labute approximate surface area is 160 Å². The van der Waals surface area contributed by atoms with Crippen LogP contribution in [0.25, 0.3) is 0 Å². The molecule has 0 aliphatic carbocycles. The van der Waals surface area contributed by atoms with Gasteiger partial charge in [-0.2, -0.15) is 0 Å². The number of carbonyl (C=O) groups excluding carboxylic acids is 2. The molecule has 27 heavy (non-hydrogen) atoms. The molecule has 2 aliphatic heterocycles. The van der Waals surface area contributed by atoms with Gasteiger partial charge in [-0.15, -0.1) is 13.2 Å².